The zero-order valence-electron chi connectivity index (χ0n) is 11.1. The first-order valence-corrected chi connectivity index (χ1v) is 6.35. The predicted octanol–water partition coefficient (Wildman–Crippen LogP) is 2.46. The summed E-state index contributed by atoms with van der Waals surface area (Å²) in [6, 6.07) is 7.84. The van der Waals surface area contributed by atoms with Crippen LogP contribution in [0.25, 0.3) is 11.5 Å². The van der Waals surface area contributed by atoms with E-state index in [4.69, 9.17) is 4.42 Å². The van der Waals surface area contributed by atoms with Crippen LogP contribution in [0.5, 0.6) is 0 Å². The molecule has 1 amide bonds. The Morgan fingerprint density at radius 1 is 1.37 bits per heavy atom. The molecule has 0 aliphatic heterocycles. The van der Waals surface area contributed by atoms with Gasteiger partial charge in [0.1, 0.15) is 0 Å². The Bertz CT molecular complexity index is 563. The minimum Gasteiger partial charge on any atom is -0.419 e. The van der Waals surface area contributed by atoms with Gasteiger partial charge >= 0.3 is 0 Å². The smallest absolute Gasteiger partial charge is 0.247 e. The number of nitrogens with zero attached hydrogens (tertiary/aromatic N) is 2. The molecule has 0 fully saturated rings. The lowest BCUT2D eigenvalue weighted by atomic mass is 10.1. The maximum Gasteiger partial charge on any atom is 0.247 e. The molecule has 0 unspecified atom stereocenters. The molecule has 0 saturated carbocycles. The molecule has 1 heterocycles. The zero-order chi connectivity index (χ0) is 13.7. The van der Waals surface area contributed by atoms with E-state index in [0.717, 1.165) is 17.5 Å². The van der Waals surface area contributed by atoms with Crippen molar-refractivity contribution in [2.45, 2.75) is 33.2 Å². The van der Waals surface area contributed by atoms with Crippen molar-refractivity contribution in [2.24, 2.45) is 0 Å². The van der Waals surface area contributed by atoms with Gasteiger partial charge in [0.25, 0.3) is 0 Å². The van der Waals surface area contributed by atoms with Gasteiger partial charge in [-0.2, -0.15) is 0 Å². The fourth-order valence-electron chi connectivity index (χ4n) is 1.71. The van der Waals surface area contributed by atoms with E-state index in [2.05, 4.69) is 15.5 Å². The summed E-state index contributed by atoms with van der Waals surface area (Å²) < 4.78 is 5.52. The number of benzene rings is 1. The van der Waals surface area contributed by atoms with Crippen LogP contribution in [-0.2, 0) is 11.3 Å². The van der Waals surface area contributed by atoms with Crippen LogP contribution in [0, 0.1) is 6.92 Å². The molecule has 19 heavy (non-hydrogen) atoms. The highest BCUT2D eigenvalue weighted by Gasteiger charge is 2.09. The number of nitrogens with one attached hydrogen (secondary N) is 1. The lowest BCUT2D eigenvalue weighted by molar-refractivity contribution is -0.121. The lowest BCUT2D eigenvalue weighted by Gasteiger charge is -1.99. The van der Waals surface area contributed by atoms with Crippen molar-refractivity contribution in [3.63, 3.8) is 0 Å². The third-order valence-corrected chi connectivity index (χ3v) is 2.65. The second-order valence-corrected chi connectivity index (χ2v) is 4.40. The second-order valence-electron chi connectivity index (χ2n) is 4.40. The van der Waals surface area contributed by atoms with Crippen molar-refractivity contribution in [1.29, 1.82) is 0 Å². The van der Waals surface area contributed by atoms with Crippen molar-refractivity contribution in [3.05, 3.63) is 35.7 Å². The largest absolute Gasteiger partial charge is 0.419 e. The highest BCUT2D eigenvalue weighted by Crippen LogP contribution is 2.18. The monoisotopic (exact) mass is 259 g/mol. The van der Waals surface area contributed by atoms with E-state index < -0.39 is 0 Å². The van der Waals surface area contributed by atoms with Crippen LogP contribution in [0.2, 0.25) is 0 Å². The number of aromatic nitrogens is 2. The van der Waals surface area contributed by atoms with E-state index in [1.165, 1.54) is 0 Å². The van der Waals surface area contributed by atoms with Crippen molar-refractivity contribution >= 4 is 5.91 Å². The van der Waals surface area contributed by atoms with Gasteiger partial charge in [0.2, 0.25) is 17.7 Å². The average Bonchev–Trinajstić information content (AvgIpc) is 2.85. The number of hydrogen-bond acceptors (Lipinski definition) is 4. The molecule has 2 rings (SSSR count). The molecule has 1 aromatic heterocycles. The lowest BCUT2D eigenvalue weighted by Crippen LogP contribution is -2.22. The minimum atomic E-state index is -0.00203. The third-order valence-electron chi connectivity index (χ3n) is 2.65. The first-order valence-electron chi connectivity index (χ1n) is 6.35. The summed E-state index contributed by atoms with van der Waals surface area (Å²) in [5.74, 6) is 0.891. The standard InChI is InChI=1S/C14H17N3O2/c1-3-5-12(18)15-9-13-16-17-14(19-13)11-7-4-6-10(2)8-11/h4,6-8H,3,5,9H2,1-2H3,(H,15,18). The van der Waals surface area contributed by atoms with Crippen molar-refractivity contribution < 1.29 is 9.21 Å². The van der Waals surface area contributed by atoms with Gasteiger partial charge in [-0.05, 0) is 25.5 Å². The van der Waals surface area contributed by atoms with Crippen LogP contribution >= 0.6 is 0 Å². The second kappa shape index (κ2) is 6.13. The first-order chi connectivity index (χ1) is 9.19. The number of amides is 1. The molecule has 0 bridgehead atoms. The molecule has 0 aliphatic carbocycles. The normalized spacial score (nSPS) is 10.4. The average molecular weight is 259 g/mol. The Morgan fingerprint density at radius 2 is 2.21 bits per heavy atom. The number of aryl methyl sites for hydroxylation is 1. The van der Waals surface area contributed by atoms with Crippen LogP contribution in [0.1, 0.15) is 31.2 Å². The Hall–Kier alpha value is -2.17. The summed E-state index contributed by atoms with van der Waals surface area (Å²) in [6.45, 7) is 4.24. The maximum atomic E-state index is 11.3. The number of rotatable bonds is 5. The predicted molar refractivity (Wildman–Crippen MR) is 71.2 cm³/mol. The first kappa shape index (κ1) is 13.3. The number of hydrogen-bond donors (Lipinski definition) is 1. The van der Waals surface area contributed by atoms with Gasteiger partial charge in [0.15, 0.2) is 0 Å². The summed E-state index contributed by atoms with van der Waals surface area (Å²) >= 11 is 0. The van der Waals surface area contributed by atoms with E-state index in [1.54, 1.807) is 0 Å². The van der Waals surface area contributed by atoms with Crippen LogP contribution in [-0.4, -0.2) is 16.1 Å². The molecule has 1 N–H and O–H groups in total. The van der Waals surface area contributed by atoms with Gasteiger partial charge in [-0.15, -0.1) is 10.2 Å². The van der Waals surface area contributed by atoms with Crippen LogP contribution in [0.15, 0.2) is 28.7 Å². The summed E-state index contributed by atoms with van der Waals surface area (Å²) in [6.07, 6.45) is 1.34. The Labute approximate surface area is 112 Å². The molecule has 0 radical (unpaired) electrons. The molecule has 2 aromatic rings. The van der Waals surface area contributed by atoms with E-state index >= 15 is 0 Å². The van der Waals surface area contributed by atoms with Crippen molar-refractivity contribution in [2.75, 3.05) is 0 Å². The number of carbonyl (C=O) groups excluding carboxylic acids is 1. The van der Waals surface area contributed by atoms with Crippen LogP contribution < -0.4 is 5.32 Å². The van der Waals surface area contributed by atoms with Crippen molar-refractivity contribution in [3.8, 4) is 11.5 Å². The fourth-order valence-corrected chi connectivity index (χ4v) is 1.71. The van der Waals surface area contributed by atoms with Gasteiger partial charge in [-0.25, -0.2) is 0 Å². The van der Waals surface area contributed by atoms with E-state index in [9.17, 15) is 4.79 Å². The Balaban J connectivity index is 2.01. The van der Waals surface area contributed by atoms with Crippen LogP contribution in [0.4, 0.5) is 0 Å². The SMILES string of the molecule is CCCC(=O)NCc1nnc(-c2cccc(C)c2)o1. The topological polar surface area (TPSA) is 68.0 Å². The Kier molecular flexibility index (Phi) is 4.28. The summed E-state index contributed by atoms with van der Waals surface area (Å²) in [4.78, 5) is 11.3. The van der Waals surface area contributed by atoms with E-state index in [1.807, 2.05) is 38.1 Å². The molecule has 100 valence electrons. The maximum absolute atomic E-state index is 11.3. The van der Waals surface area contributed by atoms with Gasteiger partial charge in [-0.3, -0.25) is 4.79 Å². The van der Waals surface area contributed by atoms with Gasteiger partial charge < -0.3 is 9.73 Å². The molecule has 0 spiro atoms. The number of carbonyl (C=O) groups is 1. The van der Waals surface area contributed by atoms with Crippen LogP contribution in [0.3, 0.4) is 0 Å². The van der Waals surface area contributed by atoms with Gasteiger partial charge in [-0.1, -0.05) is 24.6 Å². The highest BCUT2D eigenvalue weighted by molar-refractivity contribution is 5.75. The summed E-state index contributed by atoms with van der Waals surface area (Å²) in [5.41, 5.74) is 2.02. The van der Waals surface area contributed by atoms with E-state index in [0.29, 0.717) is 18.2 Å². The molecule has 0 aliphatic rings. The molecule has 1 aromatic carbocycles. The van der Waals surface area contributed by atoms with E-state index in [-0.39, 0.29) is 12.5 Å². The third kappa shape index (κ3) is 3.64. The molecule has 5 nitrogen and oxygen atoms in total. The van der Waals surface area contributed by atoms with Gasteiger partial charge in [0.05, 0.1) is 6.54 Å². The van der Waals surface area contributed by atoms with Gasteiger partial charge in [0, 0.05) is 12.0 Å². The highest BCUT2D eigenvalue weighted by atomic mass is 16.4. The summed E-state index contributed by atoms with van der Waals surface area (Å²) in [5, 5.41) is 10.6. The Morgan fingerprint density at radius 3 is 2.95 bits per heavy atom. The molecular weight excluding hydrogens is 242 g/mol. The molecular formula is C14H17N3O2. The minimum absolute atomic E-state index is 0.00203. The fraction of sp³-hybridized carbons (Fsp3) is 0.357. The summed E-state index contributed by atoms with van der Waals surface area (Å²) in [7, 11) is 0. The molecule has 0 saturated heterocycles. The zero-order valence-corrected chi connectivity index (χ0v) is 11.1. The quantitative estimate of drug-likeness (QED) is 0.895. The molecule has 5 heteroatoms. The van der Waals surface area contributed by atoms with Crippen molar-refractivity contribution in [1.82, 2.24) is 15.5 Å². The molecule has 0 atom stereocenters.